The van der Waals surface area contributed by atoms with Crippen molar-refractivity contribution in [3.63, 3.8) is 0 Å². The Morgan fingerprint density at radius 2 is 2.08 bits per heavy atom. The minimum atomic E-state index is -0.560. The van der Waals surface area contributed by atoms with Crippen LogP contribution in [-0.2, 0) is 24.8 Å². The summed E-state index contributed by atoms with van der Waals surface area (Å²) in [6.07, 6.45) is 0.246. The van der Waals surface area contributed by atoms with Crippen LogP contribution >= 0.6 is 11.3 Å². The Labute approximate surface area is 156 Å². The van der Waals surface area contributed by atoms with E-state index in [2.05, 4.69) is 15.4 Å². The van der Waals surface area contributed by atoms with Crippen molar-refractivity contribution < 1.29 is 14.3 Å². The van der Waals surface area contributed by atoms with E-state index < -0.39 is 5.60 Å². The molecule has 3 rings (SSSR count). The van der Waals surface area contributed by atoms with Crippen LogP contribution in [0.2, 0.25) is 0 Å². The lowest BCUT2D eigenvalue weighted by atomic mass is 10.1. The summed E-state index contributed by atoms with van der Waals surface area (Å²) in [5.74, 6) is -0.317. The average Bonchev–Trinajstić information content (AvgIpc) is 3.09. The summed E-state index contributed by atoms with van der Waals surface area (Å²) in [6, 6.07) is 0. The molecule has 3 heterocycles. The van der Waals surface area contributed by atoms with Gasteiger partial charge in [-0.05, 0) is 27.7 Å². The molecule has 0 unspecified atom stereocenters. The number of hydrogen-bond acceptors (Lipinski definition) is 6. The number of hydrogen-bond donors (Lipinski definition) is 1. The third kappa shape index (κ3) is 3.87. The molecule has 26 heavy (non-hydrogen) atoms. The van der Waals surface area contributed by atoms with Gasteiger partial charge in [-0.1, -0.05) is 0 Å². The van der Waals surface area contributed by atoms with Crippen LogP contribution in [0.1, 0.15) is 48.2 Å². The van der Waals surface area contributed by atoms with Gasteiger partial charge in [0, 0.05) is 36.7 Å². The first-order valence-corrected chi connectivity index (χ1v) is 9.28. The van der Waals surface area contributed by atoms with Crippen molar-refractivity contribution >= 4 is 28.5 Å². The average molecular weight is 377 g/mol. The molecule has 140 valence electrons. The van der Waals surface area contributed by atoms with Crippen LogP contribution in [-0.4, -0.2) is 43.8 Å². The van der Waals surface area contributed by atoms with E-state index in [0.717, 1.165) is 17.0 Å². The van der Waals surface area contributed by atoms with Crippen LogP contribution in [0.4, 0.5) is 9.93 Å². The second-order valence-corrected chi connectivity index (χ2v) is 8.16. The zero-order valence-electron chi connectivity index (χ0n) is 15.6. The van der Waals surface area contributed by atoms with Crippen molar-refractivity contribution in [2.45, 2.75) is 46.3 Å². The summed E-state index contributed by atoms with van der Waals surface area (Å²) in [5.41, 5.74) is 2.34. The lowest BCUT2D eigenvalue weighted by molar-refractivity contribution is 0.0222. The number of aryl methyl sites for hydroxylation is 2. The Morgan fingerprint density at radius 1 is 1.35 bits per heavy atom. The van der Waals surface area contributed by atoms with Gasteiger partial charge >= 0.3 is 6.09 Å². The van der Waals surface area contributed by atoms with Crippen LogP contribution in [0.25, 0.3) is 0 Å². The fourth-order valence-electron chi connectivity index (χ4n) is 2.82. The van der Waals surface area contributed by atoms with Crippen molar-refractivity contribution in [1.82, 2.24) is 19.7 Å². The number of carbonyl (C=O) groups is 2. The van der Waals surface area contributed by atoms with Crippen LogP contribution in [0.15, 0.2) is 5.38 Å². The number of amides is 2. The fraction of sp³-hybridized carbons (Fsp3) is 0.529. The van der Waals surface area contributed by atoms with Gasteiger partial charge in [0.25, 0.3) is 5.91 Å². The monoisotopic (exact) mass is 377 g/mol. The molecule has 0 aliphatic carbocycles. The van der Waals surface area contributed by atoms with Gasteiger partial charge in [-0.2, -0.15) is 5.10 Å². The maximum atomic E-state index is 12.7. The molecule has 0 radical (unpaired) electrons. The number of rotatable bonds is 2. The van der Waals surface area contributed by atoms with E-state index in [0.29, 0.717) is 30.3 Å². The maximum Gasteiger partial charge on any atom is 0.410 e. The van der Waals surface area contributed by atoms with Gasteiger partial charge in [0.2, 0.25) is 0 Å². The summed E-state index contributed by atoms with van der Waals surface area (Å²) in [6.45, 7) is 8.21. The van der Waals surface area contributed by atoms with E-state index in [4.69, 9.17) is 4.74 Å². The Hall–Kier alpha value is -2.42. The quantitative estimate of drug-likeness (QED) is 0.869. The SMILES string of the molecule is Cc1csc(NC(=O)c2nn(C)c3c2CN(C(=O)OC(C)(C)C)CC3)n1. The normalized spacial score (nSPS) is 14.1. The molecule has 0 saturated carbocycles. The molecule has 0 spiro atoms. The first-order chi connectivity index (χ1) is 12.1. The molecular weight excluding hydrogens is 354 g/mol. The Kier molecular flexibility index (Phi) is 4.74. The molecule has 0 atom stereocenters. The van der Waals surface area contributed by atoms with E-state index in [1.807, 2.05) is 40.1 Å². The second kappa shape index (κ2) is 6.71. The highest BCUT2D eigenvalue weighted by Gasteiger charge is 2.31. The molecular formula is C17H23N5O3S. The first-order valence-electron chi connectivity index (χ1n) is 8.40. The van der Waals surface area contributed by atoms with Gasteiger partial charge in [0.05, 0.1) is 12.2 Å². The summed E-state index contributed by atoms with van der Waals surface area (Å²) in [4.78, 5) is 30.9. The molecule has 0 aromatic carbocycles. The number of anilines is 1. The fourth-order valence-corrected chi connectivity index (χ4v) is 3.51. The van der Waals surface area contributed by atoms with Crippen molar-refractivity contribution in [3.05, 3.63) is 28.0 Å². The highest BCUT2D eigenvalue weighted by Crippen LogP contribution is 2.25. The Bertz CT molecular complexity index is 849. The third-order valence-corrected chi connectivity index (χ3v) is 4.82. The largest absolute Gasteiger partial charge is 0.444 e. The van der Waals surface area contributed by atoms with Gasteiger partial charge in [0.1, 0.15) is 5.60 Å². The summed E-state index contributed by atoms with van der Waals surface area (Å²) in [7, 11) is 1.81. The molecule has 1 aliphatic rings. The van der Waals surface area contributed by atoms with E-state index in [9.17, 15) is 9.59 Å². The highest BCUT2D eigenvalue weighted by molar-refractivity contribution is 7.13. The standard InChI is InChI=1S/C17H23N5O3S/c1-10-9-26-15(18-10)19-14(23)13-11-8-22(16(24)25-17(2,3)4)7-6-12(11)21(5)20-13/h9H,6-8H2,1-5H3,(H,18,19,23). The summed E-state index contributed by atoms with van der Waals surface area (Å²) >= 11 is 1.37. The first kappa shape index (κ1) is 18.4. The topological polar surface area (TPSA) is 89.4 Å². The number of ether oxygens (including phenoxy) is 1. The van der Waals surface area contributed by atoms with E-state index in [-0.39, 0.29) is 12.0 Å². The van der Waals surface area contributed by atoms with Crippen molar-refractivity contribution in [3.8, 4) is 0 Å². The van der Waals surface area contributed by atoms with Crippen LogP contribution in [0.3, 0.4) is 0 Å². The van der Waals surface area contributed by atoms with E-state index in [1.165, 1.54) is 11.3 Å². The number of carbonyl (C=O) groups excluding carboxylic acids is 2. The summed E-state index contributed by atoms with van der Waals surface area (Å²) in [5, 5.41) is 9.55. The molecule has 9 heteroatoms. The van der Waals surface area contributed by atoms with E-state index in [1.54, 1.807) is 9.58 Å². The predicted octanol–water partition coefficient (Wildman–Crippen LogP) is 2.73. The Morgan fingerprint density at radius 3 is 2.69 bits per heavy atom. The minimum Gasteiger partial charge on any atom is -0.444 e. The van der Waals surface area contributed by atoms with Gasteiger partial charge in [-0.3, -0.25) is 14.8 Å². The third-order valence-electron chi connectivity index (χ3n) is 3.95. The van der Waals surface area contributed by atoms with Crippen LogP contribution in [0, 0.1) is 6.92 Å². The lowest BCUT2D eigenvalue weighted by Gasteiger charge is -2.30. The molecule has 8 nitrogen and oxygen atoms in total. The number of nitrogens with one attached hydrogen (secondary N) is 1. The number of nitrogens with zero attached hydrogens (tertiary/aromatic N) is 4. The van der Waals surface area contributed by atoms with Crippen molar-refractivity contribution in [1.29, 1.82) is 0 Å². The highest BCUT2D eigenvalue weighted by atomic mass is 32.1. The molecule has 0 saturated heterocycles. The smallest absolute Gasteiger partial charge is 0.410 e. The minimum absolute atomic E-state index is 0.303. The molecule has 1 N–H and O–H groups in total. The van der Waals surface area contributed by atoms with Gasteiger partial charge in [-0.25, -0.2) is 9.78 Å². The van der Waals surface area contributed by atoms with E-state index >= 15 is 0 Å². The van der Waals surface area contributed by atoms with Crippen molar-refractivity contribution in [2.75, 3.05) is 11.9 Å². The lowest BCUT2D eigenvalue weighted by Crippen LogP contribution is -2.40. The number of thiazole rings is 1. The van der Waals surface area contributed by atoms with Gasteiger partial charge < -0.3 is 9.64 Å². The second-order valence-electron chi connectivity index (χ2n) is 7.30. The van der Waals surface area contributed by atoms with Crippen LogP contribution < -0.4 is 5.32 Å². The molecule has 2 aromatic rings. The number of aromatic nitrogens is 3. The molecule has 0 bridgehead atoms. The zero-order chi connectivity index (χ0) is 19.1. The molecule has 2 aromatic heterocycles. The van der Waals surface area contributed by atoms with Crippen LogP contribution in [0.5, 0.6) is 0 Å². The van der Waals surface area contributed by atoms with Crippen molar-refractivity contribution in [2.24, 2.45) is 7.05 Å². The predicted molar refractivity (Wildman–Crippen MR) is 98.4 cm³/mol. The van der Waals surface area contributed by atoms with Gasteiger partial charge in [-0.15, -0.1) is 11.3 Å². The summed E-state index contributed by atoms with van der Waals surface area (Å²) < 4.78 is 7.16. The molecule has 0 fully saturated rings. The van der Waals surface area contributed by atoms with Gasteiger partial charge in [0.15, 0.2) is 10.8 Å². The Balaban J connectivity index is 1.80. The molecule has 2 amide bonds. The molecule has 1 aliphatic heterocycles. The number of fused-ring (bicyclic) bond motifs is 1. The maximum absolute atomic E-state index is 12.7. The zero-order valence-corrected chi connectivity index (χ0v) is 16.4.